The van der Waals surface area contributed by atoms with E-state index < -0.39 is 0 Å². The molecule has 1 aliphatic rings. The van der Waals surface area contributed by atoms with E-state index >= 15 is 0 Å². The Kier molecular flexibility index (Phi) is 2.49. The van der Waals surface area contributed by atoms with Gasteiger partial charge in [-0.15, -0.1) is 11.3 Å². The van der Waals surface area contributed by atoms with E-state index in [2.05, 4.69) is 33.0 Å². The molecule has 3 rings (SSSR count). The van der Waals surface area contributed by atoms with Crippen LogP contribution in [0.3, 0.4) is 0 Å². The highest BCUT2D eigenvalue weighted by atomic mass is 32.1. The van der Waals surface area contributed by atoms with Gasteiger partial charge in [-0.05, 0) is 18.4 Å². The molecule has 84 valence electrons. The summed E-state index contributed by atoms with van der Waals surface area (Å²) in [7, 11) is 0. The van der Waals surface area contributed by atoms with Crippen LogP contribution in [0, 0.1) is 6.92 Å². The Morgan fingerprint density at radius 2 is 2.31 bits per heavy atom. The van der Waals surface area contributed by atoms with E-state index in [1.807, 2.05) is 6.92 Å². The highest BCUT2D eigenvalue weighted by Crippen LogP contribution is 2.36. The third-order valence-corrected chi connectivity index (χ3v) is 3.99. The summed E-state index contributed by atoms with van der Waals surface area (Å²) in [6, 6.07) is 4.27. The molecule has 2 atom stereocenters. The molecule has 1 N–H and O–H groups in total. The summed E-state index contributed by atoms with van der Waals surface area (Å²) in [5, 5.41) is 9.38. The van der Waals surface area contributed by atoms with Gasteiger partial charge in [0.15, 0.2) is 5.82 Å². The molecule has 2 aromatic heterocycles. The Morgan fingerprint density at radius 1 is 1.44 bits per heavy atom. The Morgan fingerprint density at radius 3 is 3.00 bits per heavy atom. The van der Waals surface area contributed by atoms with Gasteiger partial charge in [-0.3, -0.25) is 0 Å². The molecule has 0 bridgehead atoms. The molecule has 1 saturated heterocycles. The van der Waals surface area contributed by atoms with Gasteiger partial charge in [0, 0.05) is 23.9 Å². The smallest absolute Gasteiger partial charge is 0.231 e. The Balaban J connectivity index is 1.90. The van der Waals surface area contributed by atoms with Gasteiger partial charge < -0.3 is 9.84 Å². The van der Waals surface area contributed by atoms with E-state index in [1.165, 1.54) is 4.88 Å². The summed E-state index contributed by atoms with van der Waals surface area (Å²) in [6.07, 6.45) is 0. The molecule has 0 saturated carbocycles. The third-order valence-electron chi connectivity index (χ3n) is 2.98. The monoisotopic (exact) mass is 235 g/mol. The minimum Gasteiger partial charge on any atom is -0.339 e. The predicted octanol–water partition coefficient (Wildman–Crippen LogP) is 1.91. The molecule has 3 heterocycles. The Hall–Kier alpha value is -1.20. The fraction of sp³-hybridized carbons (Fsp3) is 0.455. The molecule has 0 unspecified atom stereocenters. The van der Waals surface area contributed by atoms with Crippen LogP contribution in [0.4, 0.5) is 0 Å². The molecule has 1 fully saturated rings. The van der Waals surface area contributed by atoms with Crippen molar-refractivity contribution in [2.45, 2.75) is 18.8 Å². The summed E-state index contributed by atoms with van der Waals surface area (Å²) in [4.78, 5) is 5.73. The Labute approximate surface area is 97.7 Å². The van der Waals surface area contributed by atoms with Crippen LogP contribution in [-0.2, 0) is 0 Å². The number of thiophene rings is 1. The molecule has 5 heteroatoms. The fourth-order valence-electron chi connectivity index (χ4n) is 2.20. The Bertz CT molecular complexity index is 465. The quantitative estimate of drug-likeness (QED) is 0.864. The minimum atomic E-state index is 0.319. The van der Waals surface area contributed by atoms with Crippen molar-refractivity contribution in [1.82, 2.24) is 15.5 Å². The first kappa shape index (κ1) is 9.99. The van der Waals surface area contributed by atoms with E-state index in [0.717, 1.165) is 19.0 Å². The van der Waals surface area contributed by atoms with Crippen LogP contribution in [0.1, 0.15) is 28.4 Å². The molecule has 2 aromatic rings. The van der Waals surface area contributed by atoms with Crippen molar-refractivity contribution in [3.63, 3.8) is 0 Å². The lowest BCUT2D eigenvalue weighted by atomic mass is 9.94. The maximum absolute atomic E-state index is 5.28. The largest absolute Gasteiger partial charge is 0.339 e. The van der Waals surface area contributed by atoms with E-state index in [4.69, 9.17) is 4.52 Å². The van der Waals surface area contributed by atoms with Gasteiger partial charge in [0.05, 0.1) is 5.92 Å². The van der Waals surface area contributed by atoms with Crippen LogP contribution in [-0.4, -0.2) is 23.2 Å². The zero-order valence-electron chi connectivity index (χ0n) is 9.01. The third kappa shape index (κ3) is 1.66. The van der Waals surface area contributed by atoms with Crippen molar-refractivity contribution < 1.29 is 4.52 Å². The van der Waals surface area contributed by atoms with Gasteiger partial charge in [-0.25, -0.2) is 0 Å². The molecule has 0 spiro atoms. The summed E-state index contributed by atoms with van der Waals surface area (Å²) in [5.74, 6) is 2.27. The lowest BCUT2D eigenvalue weighted by molar-refractivity contribution is 0.349. The zero-order valence-corrected chi connectivity index (χ0v) is 9.83. The predicted molar refractivity (Wildman–Crippen MR) is 61.7 cm³/mol. The average molecular weight is 235 g/mol. The van der Waals surface area contributed by atoms with Gasteiger partial charge in [-0.2, -0.15) is 4.98 Å². The first-order chi connectivity index (χ1) is 7.84. The topological polar surface area (TPSA) is 51.0 Å². The minimum absolute atomic E-state index is 0.319. The van der Waals surface area contributed by atoms with Crippen molar-refractivity contribution in [3.05, 3.63) is 34.1 Å². The second-order valence-electron chi connectivity index (χ2n) is 4.07. The maximum Gasteiger partial charge on any atom is 0.231 e. The van der Waals surface area contributed by atoms with Crippen LogP contribution in [0.5, 0.6) is 0 Å². The van der Waals surface area contributed by atoms with Crippen molar-refractivity contribution >= 4 is 11.3 Å². The second kappa shape index (κ2) is 3.99. The number of rotatable bonds is 2. The lowest BCUT2D eigenvalue weighted by Crippen LogP contribution is -2.08. The molecule has 4 nitrogen and oxygen atoms in total. The second-order valence-corrected chi connectivity index (χ2v) is 5.05. The molecular formula is C11H13N3OS. The first-order valence-electron chi connectivity index (χ1n) is 5.39. The SMILES string of the molecule is Cc1noc([C@H]2CNC[C@@H]2c2cccs2)n1. The molecule has 16 heavy (non-hydrogen) atoms. The summed E-state index contributed by atoms with van der Waals surface area (Å²) in [6.45, 7) is 3.77. The highest BCUT2D eigenvalue weighted by molar-refractivity contribution is 7.10. The van der Waals surface area contributed by atoms with Crippen LogP contribution >= 0.6 is 11.3 Å². The van der Waals surface area contributed by atoms with Crippen molar-refractivity contribution in [1.29, 1.82) is 0 Å². The first-order valence-corrected chi connectivity index (χ1v) is 6.27. The van der Waals surface area contributed by atoms with E-state index in [0.29, 0.717) is 17.7 Å². The van der Waals surface area contributed by atoms with Gasteiger partial charge in [-0.1, -0.05) is 11.2 Å². The lowest BCUT2D eigenvalue weighted by Gasteiger charge is -2.12. The van der Waals surface area contributed by atoms with Gasteiger partial charge in [0.2, 0.25) is 5.89 Å². The molecule has 0 amide bonds. The molecule has 0 aromatic carbocycles. The molecule has 0 radical (unpaired) electrons. The van der Waals surface area contributed by atoms with Crippen LogP contribution < -0.4 is 5.32 Å². The summed E-state index contributed by atoms with van der Waals surface area (Å²) >= 11 is 1.80. The zero-order chi connectivity index (χ0) is 11.0. The van der Waals surface area contributed by atoms with Gasteiger partial charge in [0.1, 0.15) is 0 Å². The standard InChI is InChI=1S/C11H13N3OS/c1-7-13-11(15-14-7)9-6-12-5-8(9)10-3-2-4-16-10/h2-4,8-9,12H,5-6H2,1H3/t8-,9-/m0/s1. The molecule has 0 aliphatic carbocycles. The van der Waals surface area contributed by atoms with E-state index in [1.54, 1.807) is 11.3 Å². The van der Waals surface area contributed by atoms with Gasteiger partial charge in [0.25, 0.3) is 0 Å². The number of aryl methyl sites for hydroxylation is 1. The number of nitrogens with zero attached hydrogens (tertiary/aromatic N) is 2. The van der Waals surface area contributed by atoms with E-state index in [-0.39, 0.29) is 0 Å². The van der Waals surface area contributed by atoms with Crippen LogP contribution in [0.15, 0.2) is 22.0 Å². The average Bonchev–Trinajstić information content (AvgIpc) is 2.96. The summed E-state index contributed by atoms with van der Waals surface area (Å²) in [5.41, 5.74) is 0. The summed E-state index contributed by atoms with van der Waals surface area (Å²) < 4.78 is 5.28. The number of aromatic nitrogens is 2. The normalized spacial score (nSPS) is 25.1. The highest BCUT2D eigenvalue weighted by Gasteiger charge is 2.34. The fourth-order valence-corrected chi connectivity index (χ4v) is 3.10. The van der Waals surface area contributed by atoms with E-state index in [9.17, 15) is 0 Å². The van der Waals surface area contributed by atoms with Crippen LogP contribution in [0.2, 0.25) is 0 Å². The number of hydrogen-bond donors (Lipinski definition) is 1. The van der Waals surface area contributed by atoms with Crippen LogP contribution in [0.25, 0.3) is 0 Å². The number of nitrogens with one attached hydrogen (secondary N) is 1. The number of hydrogen-bond acceptors (Lipinski definition) is 5. The molecule has 1 aliphatic heterocycles. The van der Waals surface area contributed by atoms with Crippen molar-refractivity contribution in [2.75, 3.05) is 13.1 Å². The van der Waals surface area contributed by atoms with Gasteiger partial charge >= 0.3 is 0 Å². The van der Waals surface area contributed by atoms with Crippen molar-refractivity contribution in [3.8, 4) is 0 Å². The van der Waals surface area contributed by atoms with Crippen molar-refractivity contribution in [2.24, 2.45) is 0 Å². The molecular weight excluding hydrogens is 222 g/mol. The maximum atomic E-state index is 5.28.